The number of carbonyl (C=O) groups is 1. The first-order valence-electron chi connectivity index (χ1n) is 6.35. The van der Waals surface area contributed by atoms with Gasteiger partial charge in [-0.15, -0.1) is 0 Å². The third-order valence-electron chi connectivity index (χ3n) is 2.93. The summed E-state index contributed by atoms with van der Waals surface area (Å²) >= 11 is 3.18. The Bertz CT molecular complexity index is 628. The number of nitrogens with one attached hydrogen (secondary N) is 1. The Balaban J connectivity index is 1.92. The van der Waals surface area contributed by atoms with Crippen LogP contribution in [0.3, 0.4) is 0 Å². The summed E-state index contributed by atoms with van der Waals surface area (Å²) in [6.45, 7) is 2.01. The van der Waals surface area contributed by atoms with Crippen LogP contribution >= 0.6 is 15.9 Å². The molecule has 0 aromatic heterocycles. The fourth-order valence-electron chi connectivity index (χ4n) is 1.93. The zero-order chi connectivity index (χ0) is 14.5. The number of anilines is 1. The second kappa shape index (κ2) is 6.66. The smallest absolute Gasteiger partial charge is 0.224 e. The molecule has 2 aromatic carbocycles. The van der Waals surface area contributed by atoms with Gasteiger partial charge in [-0.25, -0.2) is 4.39 Å². The molecule has 0 spiro atoms. The molecule has 0 heterocycles. The van der Waals surface area contributed by atoms with Crippen molar-refractivity contribution < 1.29 is 9.18 Å². The largest absolute Gasteiger partial charge is 0.324 e. The van der Waals surface area contributed by atoms with Crippen molar-refractivity contribution in [1.29, 1.82) is 0 Å². The molecular weight excluding hydrogens is 321 g/mol. The van der Waals surface area contributed by atoms with Crippen LogP contribution in [0.2, 0.25) is 0 Å². The summed E-state index contributed by atoms with van der Waals surface area (Å²) in [7, 11) is 0. The molecule has 0 saturated carbocycles. The number of rotatable bonds is 4. The SMILES string of the molecule is Cc1cccc(CCC(=O)Nc2ccc(Br)cc2F)c1. The van der Waals surface area contributed by atoms with Crippen molar-refractivity contribution >= 4 is 27.5 Å². The Kier molecular flexibility index (Phi) is 4.90. The zero-order valence-corrected chi connectivity index (χ0v) is 12.7. The first-order valence-corrected chi connectivity index (χ1v) is 7.14. The van der Waals surface area contributed by atoms with E-state index in [1.165, 1.54) is 11.6 Å². The van der Waals surface area contributed by atoms with Gasteiger partial charge in [0.05, 0.1) is 5.69 Å². The molecule has 0 atom stereocenters. The van der Waals surface area contributed by atoms with Crippen molar-refractivity contribution in [3.63, 3.8) is 0 Å². The van der Waals surface area contributed by atoms with Gasteiger partial charge in [-0.2, -0.15) is 0 Å². The molecule has 1 amide bonds. The molecule has 0 aliphatic rings. The van der Waals surface area contributed by atoms with E-state index in [2.05, 4.69) is 21.2 Å². The van der Waals surface area contributed by atoms with Crippen LogP contribution in [0.25, 0.3) is 0 Å². The predicted molar refractivity (Wildman–Crippen MR) is 82.2 cm³/mol. The third kappa shape index (κ3) is 4.17. The van der Waals surface area contributed by atoms with Crippen molar-refractivity contribution in [1.82, 2.24) is 0 Å². The molecule has 20 heavy (non-hydrogen) atoms. The van der Waals surface area contributed by atoms with Crippen molar-refractivity contribution in [2.75, 3.05) is 5.32 Å². The van der Waals surface area contributed by atoms with E-state index in [9.17, 15) is 9.18 Å². The average molecular weight is 336 g/mol. The lowest BCUT2D eigenvalue weighted by atomic mass is 10.1. The highest BCUT2D eigenvalue weighted by molar-refractivity contribution is 9.10. The number of hydrogen-bond donors (Lipinski definition) is 1. The quantitative estimate of drug-likeness (QED) is 0.877. The Labute approximate surface area is 126 Å². The van der Waals surface area contributed by atoms with Gasteiger partial charge >= 0.3 is 0 Å². The Morgan fingerprint density at radius 2 is 2.05 bits per heavy atom. The minimum atomic E-state index is -0.441. The van der Waals surface area contributed by atoms with Crippen LogP contribution in [-0.4, -0.2) is 5.91 Å². The zero-order valence-electron chi connectivity index (χ0n) is 11.1. The maximum atomic E-state index is 13.6. The molecule has 2 nitrogen and oxygen atoms in total. The molecule has 2 aromatic rings. The number of carbonyl (C=O) groups excluding carboxylic acids is 1. The fraction of sp³-hybridized carbons (Fsp3) is 0.188. The molecule has 0 radical (unpaired) electrons. The second-order valence-electron chi connectivity index (χ2n) is 4.66. The molecule has 0 unspecified atom stereocenters. The highest BCUT2D eigenvalue weighted by atomic mass is 79.9. The van der Waals surface area contributed by atoms with Gasteiger partial charge in [0.15, 0.2) is 0 Å². The van der Waals surface area contributed by atoms with Gasteiger partial charge in [0, 0.05) is 10.9 Å². The van der Waals surface area contributed by atoms with Crippen LogP contribution < -0.4 is 5.32 Å². The molecule has 0 bridgehead atoms. The minimum absolute atomic E-state index is 0.187. The molecule has 4 heteroatoms. The van der Waals surface area contributed by atoms with Gasteiger partial charge in [-0.3, -0.25) is 4.79 Å². The van der Waals surface area contributed by atoms with Crippen LogP contribution in [0.4, 0.5) is 10.1 Å². The number of benzene rings is 2. The highest BCUT2D eigenvalue weighted by Crippen LogP contribution is 2.19. The standard InChI is InChI=1S/C16H15BrFNO/c1-11-3-2-4-12(9-11)5-8-16(20)19-15-7-6-13(17)10-14(15)18/h2-4,6-7,9-10H,5,8H2,1H3,(H,19,20). The second-order valence-corrected chi connectivity index (χ2v) is 5.58. The van der Waals surface area contributed by atoms with Gasteiger partial charge < -0.3 is 5.32 Å². The van der Waals surface area contributed by atoms with Crippen LogP contribution in [0.5, 0.6) is 0 Å². The van der Waals surface area contributed by atoms with E-state index >= 15 is 0 Å². The predicted octanol–water partition coefficient (Wildman–Crippen LogP) is 4.47. The van der Waals surface area contributed by atoms with Crippen LogP contribution in [-0.2, 0) is 11.2 Å². The van der Waals surface area contributed by atoms with Gasteiger partial charge in [-0.1, -0.05) is 45.8 Å². The number of halogens is 2. The van der Waals surface area contributed by atoms with E-state index in [0.29, 0.717) is 17.3 Å². The van der Waals surface area contributed by atoms with E-state index in [1.54, 1.807) is 12.1 Å². The molecule has 0 saturated heterocycles. The first kappa shape index (κ1) is 14.7. The van der Waals surface area contributed by atoms with Crippen LogP contribution in [0.1, 0.15) is 17.5 Å². The van der Waals surface area contributed by atoms with Crippen molar-refractivity contribution in [2.24, 2.45) is 0 Å². The Hall–Kier alpha value is -1.68. The normalized spacial score (nSPS) is 10.3. The van der Waals surface area contributed by atoms with Crippen LogP contribution in [0, 0.1) is 12.7 Å². The summed E-state index contributed by atoms with van der Waals surface area (Å²) in [5.74, 6) is -0.629. The molecule has 0 fully saturated rings. The maximum absolute atomic E-state index is 13.6. The van der Waals surface area contributed by atoms with Gasteiger partial charge in [0.2, 0.25) is 5.91 Å². The first-order chi connectivity index (χ1) is 9.54. The molecular formula is C16H15BrFNO. The van der Waals surface area contributed by atoms with Crippen molar-refractivity contribution in [3.8, 4) is 0 Å². The van der Waals surface area contributed by atoms with Crippen molar-refractivity contribution in [2.45, 2.75) is 19.8 Å². The lowest BCUT2D eigenvalue weighted by Gasteiger charge is -2.07. The fourth-order valence-corrected chi connectivity index (χ4v) is 2.26. The lowest BCUT2D eigenvalue weighted by molar-refractivity contribution is -0.116. The number of hydrogen-bond acceptors (Lipinski definition) is 1. The average Bonchev–Trinajstić information content (AvgIpc) is 2.40. The molecule has 2 rings (SSSR count). The van der Waals surface area contributed by atoms with E-state index in [1.807, 2.05) is 31.2 Å². The number of aryl methyl sites for hydroxylation is 2. The lowest BCUT2D eigenvalue weighted by Crippen LogP contribution is -2.13. The molecule has 0 aliphatic heterocycles. The highest BCUT2D eigenvalue weighted by Gasteiger charge is 2.07. The Morgan fingerprint density at radius 1 is 1.25 bits per heavy atom. The summed E-state index contributed by atoms with van der Waals surface area (Å²) in [6, 6.07) is 12.6. The molecule has 0 aliphatic carbocycles. The monoisotopic (exact) mass is 335 g/mol. The van der Waals surface area contributed by atoms with Crippen molar-refractivity contribution in [3.05, 3.63) is 63.9 Å². The van der Waals surface area contributed by atoms with E-state index in [-0.39, 0.29) is 11.6 Å². The molecule has 104 valence electrons. The summed E-state index contributed by atoms with van der Waals surface area (Å²) in [5, 5.41) is 2.59. The summed E-state index contributed by atoms with van der Waals surface area (Å²) < 4.78 is 14.2. The summed E-state index contributed by atoms with van der Waals surface area (Å²) in [6.07, 6.45) is 0.977. The topological polar surface area (TPSA) is 29.1 Å². The maximum Gasteiger partial charge on any atom is 0.224 e. The van der Waals surface area contributed by atoms with Gasteiger partial charge in [-0.05, 0) is 37.1 Å². The van der Waals surface area contributed by atoms with E-state index in [0.717, 1.165) is 5.56 Å². The summed E-state index contributed by atoms with van der Waals surface area (Å²) in [5.41, 5.74) is 2.49. The third-order valence-corrected chi connectivity index (χ3v) is 3.42. The van der Waals surface area contributed by atoms with Gasteiger partial charge in [0.1, 0.15) is 5.82 Å². The number of amides is 1. The van der Waals surface area contributed by atoms with E-state index < -0.39 is 5.82 Å². The summed E-state index contributed by atoms with van der Waals surface area (Å²) in [4.78, 5) is 11.8. The van der Waals surface area contributed by atoms with Gasteiger partial charge in [0.25, 0.3) is 0 Å². The van der Waals surface area contributed by atoms with E-state index in [4.69, 9.17) is 0 Å². The minimum Gasteiger partial charge on any atom is -0.324 e. The Morgan fingerprint density at radius 3 is 2.75 bits per heavy atom. The van der Waals surface area contributed by atoms with Crippen LogP contribution in [0.15, 0.2) is 46.9 Å². The molecule has 1 N–H and O–H groups in total.